The van der Waals surface area contributed by atoms with Gasteiger partial charge < -0.3 is 19.2 Å². The SMILES string of the molecule is CCOc1ccccc1NC(=O)[C@H](C)OC(=O)c1ccc(-c2ccc(F)cc2)o1. The number of carbonyl (C=O) groups is 2. The number of rotatable bonds is 7. The molecular formula is C22H20FNO5. The molecule has 0 spiro atoms. The van der Waals surface area contributed by atoms with Gasteiger partial charge in [-0.25, -0.2) is 9.18 Å². The largest absolute Gasteiger partial charge is 0.492 e. The van der Waals surface area contributed by atoms with Gasteiger partial charge >= 0.3 is 5.97 Å². The molecule has 150 valence electrons. The molecule has 0 saturated heterocycles. The lowest BCUT2D eigenvalue weighted by atomic mass is 10.2. The first kappa shape index (κ1) is 20.1. The van der Waals surface area contributed by atoms with Crippen LogP contribution in [0.3, 0.4) is 0 Å². The lowest BCUT2D eigenvalue weighted by Gasteiger charge is -2.15. The minimum atomic E-state index is -1.06. The van der Waals surface area contributed by atoms with Crippen molar-refractivity contribution in [3.05, 3.63) is 72.2 Å². The third-order valence-corrected chi connectivity index (χ3v) is 4.03. The highest BCUT2D eigenvalue weighted by molar-refractivity contribution is 5.97. The first-order valence-electron chi connectivity index (χ1n) is 9.07. The third kappa shape index (κ3) is 5.01. The van der Waals surface area contributed by atoms with Gasteiger partial charge in [-0.3, -0.25) is 4.79 Å². The summed E-state index contributed by atoms with van der Waals surface area (Å²) in [6.07, 6.45) is -1.06. The van der Waals surface area contributed by atoms with Crippen LogP contribution in [-0.2, 0) is 9.53 Å². The zero-order valence-electron chi connectivity index (χ0n) is 16.0. The fourth-order valence-corrected chi connectivity index (χ4v) is 2.57. The lowest BCUT2D eigenvalue weighted by molar-refractivity contribution is -0.123. The maximum atomic E-state index is 13.0. The average Bonchev–Trinajstić information content (AvgIpc) is 3.20. The summed E-state index contributed by atoms with van der Waals surface area (Å²) in [5.41, 5.74) is 1.10. The number of esters is 1. The van der Waals surface area contributed by atoms with Gasteiger partial charge in [-0.2, -0.15) is 0 Å². The predicted octanol–water partition coefficient (Wildman–Crippen LogP) is 4.67. The number of hydrogen-bond acceptors (Lipinski definition) is 5. The summed E-state index contributed by atoms with van der Waals surface area (Å²) in [5.74, 6) is -0.796. The van der Waals surface area contributed by atoms with Crippen LogP contribution < -0.4 is 10.1 Å². The Bertz CT molecular complexity index is 996. The van der Waals surface area contributed by atoms with Crippen molar-refractivity contribution in [3.63, 3.8) is 0 Å². The van der Waals surface area contributed by atoms with Gasteiger partial charge in [0.2, 0.25) is 5.76 Å². The van der Waals surface area contributed by atoms with E-state index in [0.29, 0.717) is 29.4 Å². The molecule has 3 rings (SSSR count). The Morgan fingerprint density at radius 3 is 2.52 bits per heavy atom. The van der Waals surface area contributed by atoms with Gasteiger partial charge in [0, 0.05) is 5.56 Å². The molecule has 1 heterocycles. The molecule has 1 N–H and O–H groups in total. The number of furan rings is 1. The van der Waals surface area contributed by atoms with E-state index in [1.807, 2.05) is 6.92 Å². The number of halogens is 1. The number of para-hydroxylation sites is 2. The van der Waals surface area contributed by atoms with Crippen molar-refractivity contribution >= 4 is 17.6 Å². The van der Waals surface area contributed by atoms with Crippen LogP contribution in [0.15, 0.2) is 65.1 Å². The Hall–Kier alpha value is -3.61. The maximum absolute atomic E-state index is 13.0. The van der Waals surface area contributed by atoms with Crippen molar-refractivity contribution in [2.24, 2.45) is 0 Å². The van der Waals surface area contributed by atoms with Gasteiger partial charge in [0.25, 0.3) is 5.91 Å². The molecule has 0 aliphatic carbocycles. The van der Waals surface area contributed by atoms with E-state index in [2.05, 4.69) is 5.32 Å². The van der Waals surface area contributed by atoms with Gasteiger partial charge in [0.05, 0.1) is 12.3 Å². The minimum absolute atomic E-state index is 0.0568. The second-order valence-electron chi connectivity index (χ2n) is 6.14. The molecule has 0 saturated carbocycles. The van der Waals surface area contributed by atoms with Crippen LogP contribution in [-0.4, -0.2) is 24.6 Å². The van der Waals surface area contributed by atoms with Gasteiger partial charge in [0.1, 0.15) is 17.3 Å². The molecule has 1 atom stereocenters. The van der Waals surface area contributed by atoms with Crippen LogP contribution >= 0.6 is 0 Å². The fraction of sp³-hybridized carbons (Fsp3) is 0.182. The first-order valence-corrected chi connectivity index (χ1v) is 9.07. The number of nitrogens with one attached hydrogen (secondary N) is 1. The van der Waals surface area contributed by atoms with Crippen molar-refractivity contribution in [2.75, 3.05) is 11.9 Å². The summed E-state index contributed by atoms with van der Waals surface area (Å²) >= 11 is 0. The average molecular weight is 397 g/mol. The molecule has 2 aromatic carbocycles. The van der Waals surface area contributed by atoms with Crippen molar-refractivity contribution in [1.82, 2.24) is 0 Å². The monoisotopic (exact) mass is 397 g/mol. The maximum Gasteiger partial charge on any atom is 0.375 e. The van der Waals surface area contributed by atoms with Crippen LogP contribution in [0.5, 0.6) is 5.75 Å². The van der Waals surface area contributed by atoms with Crippen LogP contribution in [0.2, 0.25) is 0 Å². The van der Waals surface area contributed by atoms with Crippen LogP contribution in [0.1, 0.15) is 24.4 Å². The summed E-state index contributed by atoms with van der Waals surface area (Å²) in [4.78, 5) is 24.7. The van der Waals surface area contributed by atoms with Crippen molar-refractivity contribution in [1.29, 1.82) is 0 Å². The minimum Gasteiger partial charge on any atom is -0.492 e. The number of hydrogen-bond donors (Lipinski definition) is 1. The summed E-state index contributed by atoms with van der Waals surface area (Å²) in [6, 6.07) is 15.7. The Labute approximate surface area is 167 Å². The van der Waals surface area contributed by atoms with Crippen molar-refractivity contribution in [3.8, 4) is 17.1 Å². The lowest BCUT2D eigenvalue weighted by Crippen LogP contribution is -2.30. The normalized spacial score (nSPS) is 11.6. The molecule has 0 fully saturated rings. The molecule has 7 heteroatoms. The Morgan fingerprint density at radius 1 is 1.07 bits per heavy atom. The quantitative estimate of drug-likeness (QED) is 0.586. The van der Waals surface area contributed by atoms with E-state index in [0.717, 1.165) is 0 Å². The van der Waals surface area contributed by atoms with Crippen LogP contribution in [0, 0.1) is 5.82 Å². The van der Waals surface area contributed by atoms with Gasteiger partial charge in [-0.05, 0) is 62.4 Å². The number of amides is 1. The highest BCUT2D eigenvalue weighted by Crippen LogP contribution is 2.25. The molecular weight excluding hydrogens is 377 g/mol. The zero-order chi connectivity index (χ0) is 20.8. The Balaban J connectivity index is 1.63. The molecule has 3 aromatic rings. The van der Waals surface area contributed by atoms with E-state index in [1.165, 1.54) is 37.3 Å². The van der Waals surface area contributed by atoms with Crippen molar-refractivity contribution in [2.45, 2.75) is 20.0 Å². The van der Waals surface area contributed by atoms with Gasteiger partial charge in [0.15, 0.2) is 6.10 Å². The number of benzene rings is 2. The van der Waals surface area contributed by atoms with E-state index in [1.54, 1.807) is 30.3 Å². The highest BCUT2D eigenvalue weighted by atomic mass is 19.1. The predicted molar refractivity (Wildman–Crippen MR) is 105 cm³/mol. The van der Waals surface area contributed by atoms with E-state index < -0.39 is 18.0 Å². The van der Waals surface area contributed by atoms with E-state index in [9.17, 15) is 14.0 Å². The molecule has 0 aliphatic rings. The van der Waals surface area contributed by atoms with E-state index >= 15 is 0 Å². The van der Waals surface area contributed by atoms with Crippen LogP contribution in [0.25, 0.3) is 11.3 Å². The highest BCUT2D eigenvalue weighted by Gasteiger charge is 2.22. The zero-order valence-corrected chi connectivity index (χ0v) is 16.0. The molecule has 6 nitrogen and oxygen atoms in total. The molecule has 0 radical (unpaired) electrons. The second kappa shape index (κ2) is 9.05. The van der Waals surface area contributed by atoms with Gasteiger partial charge in [-0.15, -0.1) is 0 Å². The first-order chi connectivity index (χ1) is 14.0. The van der Waals surface area contributed by atoms with Crippen molar-refractivity contribution < 1.29 is 27.9 Å². The Morgan fingerprint density at radius 2 is 1.79 bits per heavy atom. The van der Waals surface area contributed by atoms with E-state index in [4.69, 9.17) is 13.9 Å². The summed E-state index contributed by atoms with van der Waals surface area (Å²) in [5, 5.41) is 2.68. The number of carbonyl (C=O) groups excluding carboxylic acids is 2. The smallest absolute Gasteiger partial charge is 0.375 e. The summed E-state index contributed by atoms with van der Waals surface area (Å²) < 4.78 is 29.2. The topological polar surface area (TPSA) is 77.8 Å². The summed E-state index contributed by atoms with van der Waals surface area (Å²) in [7, 11) is 0. The third-order valence-electron chi connectivity index (χ3n) is 4.03. The molecule has 1 amide bonds. The Kier molecular flexibility index (Phi) is 6.29. The standard InChI is InChI=1S/C22H20FNO5/c1-3-27-19-7-5-4-6-17(19)24-21(25)14(2)28-22(26)20-13-12-18(29-20)15-8-10-16(23)11-9-15/h4-14H,3H2,1-2H3,(H,24,25)/t14-/m0/s1. The van der Waals surface area contributed by atoms with Gasteiger partial charge in [-0.1, -0.05) is 12.1 Å². The summed E-state index contributed by atoms with van der Waals surface area (Å²) in [6.45, 7) is 3.75. The molecule has 29 heavy (non-hydrogen) atoms. The second-order valence-corrected chi connectivity index (χ2v) is 6.14. The molecule has 0 bridgehead atoms. The van der Waals surface area contributed by atoms with E-state index in [-0.39, 0.29) is 11.6 Å². The number of ether oxygens (including phenoxy) is 2. The molecule has 0 unspecified atom stereocenters. The fourth-order valence-electron chi connectivity index (χ4n) is 2.57. The van der Waals surface area contributed by atoms with Crippen LogP contribution in [0.4, 0.5) is 10.1 Å². The molecule has 0 aliphatic heterocycles. The molecule has 1 aromatic heterocycles. The number of anilines is 1.